The summed E-state index contributed by atoms with van der Waals surface area (Å²) < 4.78 is 1.77. The van der Waals surface area contributed by atoms with Gasteiger partial charge in [-0.3, -0.25) is 9.48 Å². The van der Waals surface area contributed by atoms with Crippen molar-refractivity contribution in [3.05, 3.63) is 17.5 Å². The van der Waals surface area contributed by atoms with Crippen molar-refractivity contribution in [2.45, 2.75) is 45.7 Å². The van der Waals surface area contributed by atoms with E-state index in [9.17, 15) is 4.79 Å². The Bertz CT molecular complexity index is 430. The topological polar surface area (TPSA) is 46.9 Å². The number of carbonyl (C=O) groups is 1. The predicted molar refractivity (Wildman–Crippen MR) is 75.0 cm³/mol. The largest absolute Gasteiger partial charge is 0.348 e. The quantitative estimate of drug-likeness (QED) is 0.868. The molecule has 2 unspecified atom stereocenters. The third-order valence-electron chi connectivity index (χ3n) is 3.61. The molecular formula is C13H20BrN3O. The van der Waals surface area contributed by atoms with Crippen LogP contribution in [0, 0.1) is 12.8 Å². The van der Waals surface area contributed by atoms with Crippen LogP contribution in [-0.4, -0.2) is 27.1 Å². The van der Waals surface area contributed by atoms with E-state index in [1.54, 1.807) is 4.68 Å². The Hall–Kier alpha value is -0.840. The molecule has 0 aromatic carbocycles. The number of hydrogen-bond donors (Lipinski definition) is 1. The van der Waals surface area contributed by atoms with Gasteiger partial charge in [0.05, 0.1) is 5.69 Å². The molecule has 0 bridgehead atoms. The molecule has 0 radical (unpaired) electrons. The van der Waals surface area contributed by atoms with Gasteiger partial charge in [-0.25, -0.2) is 0 Å². The maximum Gasteiger partial charge on any atom is 0.269 e. The third-order valence-corrected chi connectivity index (χ3v) is 4.44. The highest BCUT2D eigenvalue weighted by Gasteiger charge is 2.28. The zero-order valence-electron chi connectivity index (χ0n) is 10.9. The number of aryl methyl sites for hydroxylation is 2. The van der Waals surface area contributed by atoms with E-state index >= 15 is 0 Å². The number of nitrogens with one attached hydrogen (secondary N) is 1. The summed E-state index contributed by atoms with van der Waals surface area (Å²) in [7, 11) is 0. The highest BCUT2D eigenvalue weighted by atomic mass is 79.9. The first-order chi connectivity index (χ1) is 8.65. The van der Waals surface area contributed by atoms with Gasteiger partial charge in [-0.15, -0.1) is 0 Å². The van der Waals surface area contributed by atoms with Crippen molar-refractivity contribution >= 4 is 21.8 Å². The Kier molecular flexibility index (Phi) is 4.43. The van der Waals surface area contributed by atoms with Crippen molar-refractivity contribution in [3.63, 3.8) is 0 Å². The first-order valence-corrected chi connectivity index (χ1v) is 7.69. The second-order valence-corrected chi connectivity index (χ2v) is 5.56. The standard InChI is InChI=1S/C13H20BrN3O/c1-3-17-12(7-9(2)16-17)13(18)15-11-6-4-5-10(11)8-14/h7,10-11H,3-6,8H2,1-2H3,(H,15,18). The molecule has 0 aliphatic heterocycles. The Labute approximate surface area is 116 Å². The molecule has 1 amide bonds. The minimum absolute atomic E-state index is 0.00954. The molecule has 2 rings (SSSR count). The molecule has 18 heavy (non-hydrogen) atoms. The van der Waals surface area contributed by atoms with Crippen LogP contribution in [0.4, 0.5) is 0 Å². The fourth-order valence-corrected chi connectivity index (χ4v) is 3.40. The summed E-state index contributed by atoms with van der Waals surface area (Å²) in [5, 5.41) is 8.43. The van der Waals surface area contributed by atoms with Gasteiger partial charge < -0.3 is 5.32 Å². The first kappa shape index (κ1) is 13.6. The molecule has 1 aromatic heterocycles. The maximum absolute atomic E-state index is 12.3. The van der Waals surface area contributed by atoms with E-state index in [1.165, 1.54) is 12.8 Å². The zero-order valence-corrected chi connectivity index (χ0v) is 12.5. The van der Waals surface area contributed by atoms with Gasteiger partial charge in [0.2, 0.25) is 0 Å². The molecule has 4 nitrogen and oxygen atoms in total. The number of alkyl halides is 1. The van der Waals surface area contributed by atoms with Crippen molar-refractivity contribution in [1.82, 2.24) is 15.1 Å². The van der Waals surface area contributed by atoms with Gasteiger partial charge in [0.1, 0.15) is 5.69 Å². The number of rotatable bonds is 4. The molecule has 5 heteroatoms. The lowest BCUT2D eigenvalue weighted by atomic mass is 10.1. The minimum Gasteiger partial charge on any atom is -0.348 e. The van der Waals surface area contributed by atoms with E-state index in [2.05, 4.69) is 26.3 Å². The summed E-state index contributed by atoms with van der Waals surface area (Å²) in [5.41, 5.74) is 1.57. The fourth-order valence-electron chi connectivity index (χ4n) is 2.62. The Balaban J connectivity index is 2.07. The smallest absolute Gasteiger partial charge is 0.269 e. The maximum atomic E-state index is 12.3. The lowest BCUT2D eigenvalue weighted by Gasteiger charge is -2.19. The average molecular weight is 314 g/mol. The van der Waals surface area contributed by atoms with Crippen LogP contribution in [-0.2, 0) is 6.54 Å². The van der Waals surface area contributed by atoms with Gasteiger partial charge in [0, 0.05) is 17.9 Å². The molecule has 2 atom stereocenters. The van der Waals surface area contributed by atoms with Gasteiger partial charge >= 0.3 is 0 Å². The summed E-state index contributed by atoms with van der Waals surface area (Å²) >= 11 is 3.53. The molecule has 1 aliphatic rings. The van der Waals surface area contributed by atoms with Gasteiger partial charge in [0.15, 0.2) is 0 Å². The molecule has 1 N–H and O–H groups in total. The molecule has 0 spiro atoms. The van der Waals surface area contributed by atoms with Crippen molar-refractivity contribution in [2.75, 3.05) is 5.33 Å². The van der Waals surface area contributed by atoms with Crippen LogP contribution in [0.1, 0.15) is 42.4 Å². The molecule has 0 saturated heterocycles. The molecule has 1 saturated carbocycles. The third kappa shape index (κ3) is 2.76. The second kappa shape index (κ2) is 5.87. The Morgan fingerprint density at radius 1 is 1.61 bits per heavy atom. The van der Waals surface area contributed by atoms with Gasteiger partial charge in [0.25, 0.3) is 5.91 Å². The molecule has 1 heterocycles. The molecule has 100 valence electrons. The van der Waals surface area contributed by atoms with E-state index in [0.717, 1.165) is 24.0 Å². The van der Waals surface area contributed by atoms with Gasteiger partial charge in [-0.05, 0) is 38.7 Å². The number of amides is 1. The normalized spacial score (nSPS) is 23.3. The fraction of sp³-hybridized carbons (Fsp3) is 0.692. The lowest BCUT2D eigenvalue weighted by molar-refractivity contribution is 0.0919. The highest BCUT2D eigenvalue weighted by molar-refractivity contribution is 9.09. The molecular weight excluding hydrogens is 294 g/mol. The number of hydrogen-bond acceptors (Lipinski definition) is 2. The van der Waals surface area contributed by atoms with E-state index in [0.29, 0.717) is 17.7 Å². The van der Waals surface area contributed by atoms with Crippen molar-refractivity contribution in [2.24, 2.45) is 5.92 Å². The number of carbonyl (C=O) groups excluding carboxylic acids is 1. The van der Waals surface area contributed by atoms with Crippen LogP contribution in [0.15, 0.2) is 6.07 Å². The SMILES string of the molecule is CCn1nc(C)cc1C(=O)NC1CCCC1CBr. The summed E-state index contributed by atoms with van der Waals surface area (Å²) in [6.45, 7) is 4.64. The van der Waals surface area contributed by atoms with E-state index in [1.807, 2.05) is 19.9 Å². The van der Waals surface area contributed by atoms with Crippen molar-refractivity contribution in [3.8, 4) is 0 Å². The van der Waals surface area contributed by atoms with E-state index < -0.39 is 0 Å². The number of aromatic nitrogens is 2. The first-order valence-electron chi connectivity index (χ1n) is 6.57. The Morgan fingerprint density at radius 3 is 3.06 bits per heavy atom. The second-order valence-electron chi connectivity index (χ2n) is 4.91. The van der Waals surface area contributed by atoms with Crippen molar-refractivity contribution in [1.29, 1.82) is 0 Å². The van der Waals surface area contributed by atoms with Crippen LogP contribution in [0.2, 0.25) is 0 Å². The zero-order chi connectivity index (χ0) is 13.1. The van der Waals surface area contributed by atoms with Crippen LogP contribution in [0.5, 0.6) is 0 Å². The summed E-state index contributed by atoms with van der Waals surface area (Å²) in [5.74, 6) is 0.573. The molecule has 1 aromatic rings. The molecule has 1 fully saturated rings. The van der Waals surface area contributed by atoms with Crippen LogP contribution in [0.25, 0.3) is 0 Å². The minimum atomic E-state index is 0.00954. The van der Waals surface area contributed by atoms with Gasteiger partial charge in [-0.1, -0.05) is 22.4 Å². The number of halogens is 1. The van der Waals surface area contributed by atoms with Gasteiger partial charge in [-0.2, -0.15) is 5.10 Å². The predicted octanol–water partition coefficient (Wildman–Crippen LogP) is 2.50. The van der Waals surface area contributed by atoms with Crippen LogP contribution < -0.4 is 5.32 Å². The highest BCUT2D eigenvalue weighted by Crippen LogP contribution is 2.27. The molecule has 1 aliphatic carbocycles. The summed E-state index contributed by atoms with van der Waals surface area (Å²) in [6.07, 6.45) is 3.48. The summed E-state index contributed by atoms with van der Waals surface area (Å²) in [6, 6.07) is 2.16. The van der Waals surface area contributed by atoms with E-state index in [4.69, 9.17) is 0 Å². The summed E-state index contributed by atoms with van der Waals surface area (Å²) in [4.78, 5) is 12.3. The van der Waals surface area contributed by atoms with Crippen LogP contribution in [0.3, 0.4) is 0 Å². The van der Waals surface area contributed by atoms with Crippen LogP contribution >= 0.6 is 15.9 Å². The lowest BCUT2D eigenvalue weighted by Crippen LogP contribution is -2.38. The number of nitrogens with zero attached hydrogens (tertiary/aromatic N) is 2. The monoisotopic (exact) mass is 313 g/mol. The average Bonchev–Trinajstić information content (AvgIpc) is 2.94. The van der Waals surface area contributed by atoms with Crippen molar-refractivity contribution < 1.29 is 4.79 Å². The van der Waals surface area contributed by atoms with E-state index in [-0.39, 0.29) is 5.91 Å². The Morgan fingerprint density at radius 2 is 2.39 bits per heavy atom.